The van der Waals surface area contributed by atoms with Crippen molar-refractivity contribution in [2.45, 2.75) is 11.2 Å². The Morgan fingerprint density at radius 3 is 2.63 bits per heavy atom. The Morgan fingerprint density at radius 2 is 1.89 bits per heavy atom. The van der Waals surface area contributed by atoms with Crippen molar-refractivity contribution in [2.75, 3.05) is 11.9 Å². The highest BCUT2D eigenvalue weighted by Gasteiger charge is 2.43. The van der Waals surface area contributed by atoms with E-state index in [0.29, 0.717) is 0 Å². The molecule has 7 nitrogen and oxygen atoms in total. The lowest BCUT2D eigenvalue weighted by Crippen LogP contribution is -2.25. The standard InChI is InChI=1S/C17H12F2N2O5S/c1-2-8-20-27(23,24)13-5-3-4-11(9-13)16(22)21-12-6-7-14-15(10-12)26-17(18,19)25-14/h1,3-7,9-10,20H,8H2,(H,21,22). The molecule has 140 valence electrons. The van der Waals surface area contributed by atoms with E-state index in [1.54, 1.807) is 0 Å². The molecule has 2 aromatic rings. The van der Waals surface area contributed by atoms with Crippen LogP contribution in [0.2, 0.25) is 0 Å². The number of carbonyl (C=O) groups is 1. The van der Waals surface area contributed by atoms with Gasteiger partial charge in [-0.05, 0) is 30.3 Å². The fourth-order valence-corrected chi connectivity index (χ4v) is 3.23. The molecule has 1 aliphatic heterocycles. The molecule has 1 amide bonds. The van der Waals surface area contributed by atoms with Crippen molar-refractivity contribution in [3.8, 4) is 23.8 Å². The Balaban J connectivity index is 1.78. The number of alkyl halides is 2. The maximum absolute atomic E-state index is 13.0. The minimum atomic E-state index is -3.86. The molecular weight excluding hydrogens is 382 g/mol. The molecule has 27 heavy (non-hydrogen) atoms. The predicted molar refractivity (Wildman–Crippen MR) is 91.1 cm³/mol. The Kier molecular flexibility index (Phi) is 4.73. The summed E-state index contributed by atoms with van der Waals surface area (Å²) in [4.78, 5) is 12.2. The van der Waals surface area contributed by atoms with Gasteiger partial charge in [-0.2, -0.15) is 4.72 Å². The summed E-state index contributed by atoms with van der Waals surface area (Å²) in [5, 5.41) is 2.47. The van der Waals surface area contributed by atoms with Gasteiger partial charge in [-0.25, -0.2) is 8.42 Å². The normalized spacial score (nSPS) is 14.4. The van der Waals surface area contributed by atoms with E-state index >= 15 is 0 Å². The van der Waals surface area contributed by atoms with Gasteiger partial charge in [0.05, 0.1) is 11.4 Å². The van der Waals surface area contributed by atoms with Gasteiger partial charge in [0.2, 0.25) is 10.0 Å². The number of hydrogen-bond donors (Lipinski definition) is 2. The summed E-state index contributed by atoms with van der Waals surface area (Å²) in [5.41, 5.74) is 0.209. The molecule has 0 aromatic heterocycles. The van der Waals surface area contributed by atoms with Gasteiger partial charge in [-0.3, -0.25) is 4.79 Å². The zero-order valence-corrected chi connectivity index (χ0v) is 14.3. The summed E-state index contributed by atoms with van der Waals surface area (Å²) in [6.07, 6.45) is 1.26. The van der Waals surface area contributed by atoms with Crippen LogP contribution in [0.4, 0.5) is 14.5 Å². The van der Waals surface area contributed by atoms with Crippen molar-refractivity contribution in [2.24, 2.45) is 0 Å². The first kappa shape index (κ1) is 18.6. The van der Waals surface area contributed by atoms with Crippen molar-refractivity contribution < 1.29 is 31.5 Å². The van der Waals surface area contributed by atoms with Gasteiger partial charge in [0.1, 0.15) is 0 Å². The van der Waals surface area contributed by atoms with Gasteiger partial charge in [0, 0.05) is 17.3 Å². The molecule has 10 heteroatoms. The smallest absolute Gasteiger partial charge is 0.395 e. The van der Waals surface area contributed by atoms with E-state index in [-0.39, 0.29) is 34.2 Å². The maximum atomic E-state index is 13.0. The molecule has 0 saturated carbocycles. The highest BCUT2D eigenvalue weighted by molar-refractivity contribution is 7.89. The fourth-order valence-electron chi connectivity index (χ4n) is 2.25. The third kappa shape index (κ3) is 4.16. The Morgan fingerprint density at radius 1 is 1.15 bits per heavy atom. The number of hydrogen-bond acceptors (Lipinski definition) is 5. The largest absolute Gasteiger partial charge is 0.586 e. The lowest BCUT2D eigenvalue weighted by atomic mass is 10.2. The first-order valence-corrected chi connectivity index (χ1v) is 8.93. The number of nitrogens with one attached hydrogen (secondary N) is 2. The van der Waals surface area contributed by atoms with Crippen LogP contribution in [0.5, 0.6) is 11.5 Å². The van der Waals surface area contributed by atoms with E-state index in [9.17, 15) is 22.0 Å². The Bertz CT molecular complexity index is 1050. The Labute approximate surface area is 153 Å². The first-order chi connectivity index (χ1) is 12.7. The second-order valence-corrected chi connectivity index (χ2v) is 7.11. The van der Waals surface area contributed by atoms with Crippen LogP contribution >= 0.6 is 0 Å². The van der Waals surface area contributed by atoms with Crippen LogP contribution in [0.15, 0.2) is 47.4 Å². The summed E-state index contributed by atoms with van der Waals surface area (Å²) in [5.74, 6) is 1.11. The Hall–Kier alpha value is -3.16. The molecular formula is C17H12F2N2O5S. The second-order valence-electron chi connectivity index (χ2n) is 5.34. The number of anilines is 1. The van der Waals surface area contributed by atoms with Crippen LogP contribution in [-0.4, -0.2) is 27.2 Å². The average Bonchev–Trinajstić information content (AvgIpc) is 2.93. The highest BCUT2D eigenvalue weighted by Crippen LogP contribution is 2.42. The number of amides is 1. The number of fused-ring (bicyclic) bond motifs is 1. The fraction of sp³-hybridized carbons (Fsp3) is 0.118. The molecule has 0 atom stereocenters. The molecule has 0 aliphatic carbocycles. The minimum absolute atomic E-state index is 0.0431. The van der Waals surface area contributed by atoms with E-state index in [0.717, 1.165) is 6.07 Å². The van der Waals surface area contributed by atoms with Crippen LogP contribution in [0.25, 0.3) is 0 Å². The first-order valence-electron chi connectivity index (χ1n) is 7.45. The number of ether oxygens (including phenoxy) is 2. The monoisotopic (exact) mass is 394 g/mol. The molecule has 0 unspecified atom stereocenters. The third-order valence-corrected chi connectivity index (χ3v) is 4.83. The van der Waals surface area contributed by atoms with Gasteiger partial charge >= 0.3 is 6.29 Å². The number of halogens is 2. The maximum Gasteiger partial charge on any atom is 0.586 e. The van der Waals surface area contributed by atoms with E-state index in [1.807, 2.05) is 0 Å². The van der Waals surface area contributed by atoms with E-state index in [2.05, 4.69) is 25.4 Å². The molecule has 0 saturated heterocycles. The number of sulfonamides is 1. The summed E-state index contributed by atoms with van der Waals surface area (Å²) >= 11 is 0. The van der Waals surface area contributed by atoms with Crippen molar-refractivity contribution in [1.82, 2.24) is 4.72 Å². The number of carbonyl (C=O) groups excluding carboxylic acids is 1. The summed E-state index contributed by atoms with van der Waals surface area (Å²) in [7, 11) is -3.86. The van der Waals surface area contributed by atoms with Gasteiger partial charge in [-0.15, -0.1) is 15.2 Å². The van der Waals surface area contributed by atoms with Crippen molar-refractivity contribution >= 4 is 21.6 Å². The second kappa shape index (κ2) is 6.86. The van der Waals surface area contributed by atoms with Gasteiger partial charge in [-0.1, -0.05) is 12.0 Å². The molecule has 0 fully saturated rings. The van der Waals surface area contributed by atoms with Crippen molar-refractivity contribution in [3.63, 3.8) is 0 Å². The van der Waals surface area contributed by atoms with Gasteiger partial charge < -0.3 is 14.8 Å². The summed E-state index contributed by atoms with van der Waals surface area (Å²) in [6.45, 7) is -0.194. The van der Waals surface area contributed by atoms with Gasteiger partial charge in [0.25, 0.3) is 5.91 Å². The van der Waals surface area contributed by atoms with Gasteiger partial charge in [0.15, 0.2) is 11.5 Å². The molecule has 1 heterocycles. The van der Waals surface area contributed by atoms with Crippen LogP contribution in [-0.2, 0) is 10.0 Å². The van der Waals surface area contributed by atoms with E-state index < -0.39 is 22.2 Å². The van der Waals surface area contributed by atoms with Crippen molar-refractivity contribution in [3.05, 3.63) is 48.0 Å². The zero-order chi connectivity index (χ0) is 19.7. The lowest BCUT2D eigenvalue weighted by molar-refractivity contribution is -0.286. The molecule has 2 aromatic carbocycles. The molecule has 0 spiro atoms. The quantitative estimate of drug-likeness (QED) is 0.759. The van der Waals surface area contributed by atoms with Crippen LogP contribution < -0.4 is 19.5 Å². The average molecular weight is 394 g/mol. The zero-order valence-electron chi connectivity index (χ0n) is 13.5. The van der Waals surface area contributed by atoms with Crippen LogP contribution in [0, 0.1) is 12.3 Å². The van der Waals surface area contributed by atoms with Crippen molar-refractivity contribution in [1.29, 1.82) is 0 Å². The lowest BCUT2D eigenvalue weighted by Gasteiger charge is -2.08. The predicted octanol–water partition coefficient (Wildman–Crippen LogP) is 2.17. The molecule has 3 rings (SSSR count). The molecule has 0 bridgehead atoms. The molecule has 1 aliphatic rings. The topological polar surface area (TPSA) is 93.7 Å². The minimum Gasteiger partial charge on any atom is -0.395 e. The van der Waals surface area contributed by atoms with E-state index in [1.165, 1.54) is 36.4 Å². The third-order valence-electron chi connectivity index (χ3n) is 3.43. The number of benzene rings is 2. The summed E-state index contributed by atoms with van der Waals surface area (Å²) < 4.78 is 61.0. The van der Waals surface area contributed by atoms with E-state index in [4.69, 9.17) is 6.42 Å². The SMILES string of the molecule is C#CCNS(=O)(=O)c1cccc(C(=O)Nc2ccc3c(c2)OC(F)(F)O3)c1. The van der Waals surface area contributed by atoms with Crippen LogP contribution in [0.1, 0.15) is 10.4 Å². The molecule has 0 radical (unpaired) electrons. The number of rotatable bonds is 5. The highest BCUT2D eigenvalue weighted by atomic mass is 32.2. The van der Waals surface area contributed by atoms with Crippen LogP contribution in [0.3, 0.4) is 0 Å². The molecule has 2 N–H and O–H groups in total. The summed E-state index contributed by atoms with van der Waals surface area (Å²) in [6, 6.07) is 8.99. The number of terminal acetylenes is 1.